The van der Waals surface area contributed by atoms with Gasteiger partial charge in [-0.3, -0.25) is 18.6 Å². The third kappa shape index (κ3) is 39.4. The van der Waals surface area contributed by atoms with E-state index in [-0.39, 0.29) is 45.3 Å². The first-order valence-corrected chi connectivity index (χ1v) is 24.0. The summed E-state index contributed by atoms with van der Waals surface area (Å²) in [5.74, 6) is -1.10. The van der Waals surface area contributed by atoms with E-state index in [0.717, 1.165) is 57.8 Å². The zero-order chi connectivity index (χ0) is 43.2. The number of esters is 2. The third-order valence-corrected chi connectivity index (χ3v) is 10.5. The Morgan fingerprint density at radius 2 is 1.10 bits per heavy atom. The van der Waals surface area contributed by atoms with Crippen LogP contribution >= 0.6 is 7.82 Å². The summed E-state index contributed by atoms with van der Waals surface area (Å²) in [5, 5.41) is 20.8. The highest BCUT2D eigenvalue weighted by atomic mass is 31.2. The number of rotatable bonds is 40. The van der Waals surface area contributed by atoms with Gasteiger partial charge in [0.05, 0.1) is 40.0 Å². The fourth-order valence-electron chi connectivity index (χ4n) is 5.82. The average Bonchev–Trinajstić information content (AvgIpc) is 3.17. The summed E-state index contributed by atoms with van der Waals surface area (Å²) in [5.41, 5.74) is 0. The van der Waals surface area contributed by atoms with Crippen LogP contribution in [-0.4, -0.2) is 97.3 Å². The lowest BCUT2D eigenvalue weighted by Gasteiger charge is -2.24. The van der Waals surface area contributed by atoms with Gasteiger partial charge in [-0.2, -0.15) is 0 Å². The van der Waals surface area contributed by atoms with Crippen molar-refractivity contribution in [3.8, 4) is 0 Å². The molecule has 0 amide bonds. The molecule has 0 spiro atoms. The van der Waals surface area contributed by atoms with Crippen molar-refractivity contribution in [1.82, 2.24) is 0 Å². The molecule has 0 rings (SSSR count). The Morgan fingerprint density at radius 3 is 1.72 bits per heavy atom. The number of quaternary nitrogens is 1. The molecule has 0 aromatic rings. The molecule has 0 fully saturated rings. The van der Waals surface area contributed by atoms with Crippen molar-refractivity contribution in [1.29, 1.82) is 0 Å². The van der Waals surface area contributed by atoms with Crippen molar-refractivity contribution in [2.24, 2.45) is 0 Å². The van der Waals surface area contributed by atoms with Gasteiger partial charge in [-0.05, 0) is 77.0 Å². The molecule has 0 aromatic heterocycles. The largest absolute Gasteiger partial charge is 0.472 e. The Kier molecular flexibility index (Phi) is 36.5. The number of aliphatic hydroxyl groups is 2. The first-order chi connectivity index (χ1) is 27.8. The molecule has 0 aliphatic heterocycles. The van der Waals surface area contributed by atoms with Gasteiger partial charge in [0.25, 0.3) is 0 Å². The molecular weight excluding hydrogens is 757 g/mol. The van der Waals surface area contributed by atoms with E-state index in [2.05, 4.69) is 50.3 Å². The van der Waals surface area contributed by atoms with Gasteiger partial charge in [0, 0.05) is 12.8 Å². The zero-order valence-electron chi connectivity index (χ0n) is 37.2. The SMILES string of the molecule is CCCCC/C=C\C/C=C\C/C=C\CC(O)C(O)CCCC(=O)O[C@H](COC(=O)CCCCCCC/C=C\CCCCCCCC)COP(=O)(O)OCC[N+](C)(C)C. The maximum absolute atomic E-state index is 12.7. The Bertz CT molecular complexity index is 1170. The summed E-state index contributed by atoms with van der Waals surface area (Å²) in [4.78, 5) is 35.4. The zero-order valence-corrected chi connectivity index (χ0v) is 38.1. The van der Waals surface area contributed by atoms with Gasteiger partial charge >= 0.3 is 19.8 Å². The van der Waals surface area contributed by atoms with E-state index in [9.17, 15) is 29.3 Å². The van der Waals surface area contributed by atoms with E-state index in [1.54, 1.807) is 0 Å². The van der Waals surface area contributed by atoms with Crippen LogP contribution in [0.2, 0.25) is 0 Å². The predicted molar refractivity (Wildman–Crippen MR) is 236 cm³/mol. The Hall–Kier alpha value is -2.11. The second kappa shape index (κ2) is 37.9. The van der Waals surface area contributed by atoms with Crippen LogP contribution in [0.3, 0.4) is 0 Å². The quantitative estimate of drug-likeness (QED) is 0.0179. The van der Waals surface area contributed by atoms with Crippen molar-refractivity contribution in [3.05, 3.63) is 48.6 Å². The molecule has 4 atom stereocenters. The number of phosphoric acid groups is 1. The molecule has 0 aliphatic rings. The standard InChI is InChI=1S/C46H84NO10P/c1-6-8-10-12-14-16-18-20-21-22-24-26-28-30-32-36-45(50)54-40-42(41-56-58(52,53)55-39-38-47(3,4)5)57-46(51)37-33-35-44(49)43(48)34-31-29-27-25-23-19-17-15-13-11-9-7-2/h15,17,20-21,23,25,29,31,42-44,48-49H,6-14,16,18-19,22,24,26-28,30,32-41H2,1-5H3/p+1/b17-15-,21-20-,25-23-,31-29-/t42-,43?,44?/m1/s1. The normalized spacial score (nSPS) is 15.1. The second-order valence-electron chi connectivity index (χ2n) is 16.4. The van der Waals surface area contributed by atoms with E-state index in [1.807, 2.05) is 33.3 Å². The molecule has 0 heterocycles. The fourth-order valence-corrected chi connectivity index (χ4v) is 6.56. The van der Waals surface area contributed by atoms with E-state index in [1.165, 1.54) is 57.8 Å². The fraction of sp³-hybridized carbons (Fsp3) is 0.783. The Morgan fingerprint density at radius 1 is 0.603 bits per heavy atom. The van der Waals surface area contributed by atoms with Crippen molar-refractivity contribution in [2.45, 2.75) is 186 Å². The molecule has 0 saturated carbocycles. The summed E-state index contributed by atoms with van der Waals surface area (Å²) < 4.78 is 34.1. The number of phosphoric ester groups is 1. The molecule has 0 saturated heterocycles. The summed E-state index contributed by atoms with van der Waals surface area (Å²) in [6, 6.07) is 0. The average molecular weight is 843 g/mol. The molecule has 58 heavy (non-hydrogen) atoms. The number of carbonyl (C=O) groups is 2. The van der Waals surface area contributed by atoms with Gasteiger partial charge in [-0.25, -0.2) is 4.57 Å². The van der Waals surface area contributed by atoms with Crippen LogP contribution in [0.15, 0.2) is 48.6 Å². The highest BCUT2D eigenvalue weighted by molar-refractivity contribution is 7.47. The molecule has 12 heteroatoms. The van der Waals surface area contributed by atoms with Gasteiger partial charge in [0.1, 0.15) is 19.8 Å². The molecule has 338 valence electrons. The lowest BCUT2D eigenvalue weighted by atomic mass is 10.0. The topological polar surface area (TPSA) is 149 Å². The van der Waals surface area contributed by atoms with Gasteiger partial charge in [-0.15, -0.1) is 0 Å². The number of hydrogen-bond donors (Lipinski definition) is 3. The minimum Gasteiger partial charge on any atom is -0.462 e. The van der Waals surface area contributed by atoms with Gasteiger partial charge in [-0.1, -0.05) is 127 Å². The van der Waals surface area contributed by atoms with Crippen molar-refractivity contribution in [3.63, 3.8) is 0 Å². The predicted octanol–water partition coefficient (Wildman–Crippen LogP) is 10.6. The van der Waals surface area contributed by atoms with Crippen molar-refractivity contribution < 1.29 is 52.3 Å². The molecule has 3 N–H and O–H groups in total. The van der Waals surface area contributed by atoms with Crippen LogP contribution in [-0.2, 0) is 32.7 Å². The van der Waals surface area contributed by atoms with Crippen LogP contribution in [0.1, 0.15) is 168 Å². The van der Waals surface area contributed by atoms with Gasteiger partial charge in [0.15, 0.2) is 6.10 Å². The smallest absolute Gasteiger partial charge is 0.462 e. The molecular formula is C46H85NO10P+. The van der Waals surface area contributed by atoms with Gasteiger partial charge in [0.2, 0.25) is 0 Å². The lowest BCUT2D eigenvalue weighted by molar-refractivity contribution is -0.870. The number of hydrogen-bond acceptors (Lipinski definition) is 9. The highest BCUT2D eigenvalue weighted by Gasteiger charge is 2.27. The maximum Gasteiger partial charge on any atom is 0.472 e. The number of carbonyl (C=O) groups excluding carboxylic acids is 2. The summed E-state index contributed by atoms with van der Waals surface area (Å²) in [6.07, 6.45) is 36.1. The van der Waals surface area contributed by atoms with Crippen LogP contribution < -0.4 is 0 Å². The second-order valence-corrected chi connectivity index (χ2v) is 17.8. The molecule has 3 unspecified atom stereocenters. The monoisotopic (exact) mass is 843 g/mol. The summed E-state index contributed by atoms with van der Waals surface area (Å²) in [6.45, 7) is 4.03. The number of allylic oxidation sites excluding steroid dienone is 7. The minimum absolute atomic E-state index is 0.0230. The molecule has 11 nitrogen and oxygen atoms in total. The van der Waals surface area contributed by atoms with Crippen molar-refractivity contribution in [2.75, 3.05) is 47.5 Å². The molecule has 0 aliphatic carbocycles. The highest BCUT2D eigenvalue weighted by Crippen LogP contribution is 2.43. The molecule has 0 aromatic carbocycles. The molecule has 0 radical (unpaired) electrons. The number of likely N-dealkylation sites (N-methyl/N-ethyl adjacent to an activating group) is 1. The first kappa shape index (κ1) is 55.9. The number of ether oxygens (including phenoxy) is 2. The minimum atomic E-state index is -4.46. The van der Waals surface area contributed by atoms with Crippen LogP contribution in [0.4, 0.5) is 0 Å². The number of unbranched alkanes of at least 4 members (excludes halogenated alkanes) is 14. The van der Waals surface area contributed by atoms with E-state index in [0.29, 0.717) is 17.4 Å². The van der Waals surface area contributed by atoms with Crippen LogP contribution in [0.25, 0.3) is 0 Å². The van der Waals surface area contributed by atoms with E-state index < -0.39 is 44.7 Å². The Balaban J connectivity index is 4.62. The van der Waals surface area contributed by atoms with Crippen LogP contribution in [0.5, 0.6) is 0 Å². The number of nitrogens with zero attached hydrogens (tertiary/aromatic N) is 1. The van der Waals surface area contributed by atoms with E-state index >= 15 is 0 Å². The van der Waals surface area contributed by atoms with Gasteiger partial charge < -0.3 is 29.1 Å². The number of aliphatic hydroxyl groups excluding tert-OH is 2. The Labute approximate surface area is 353 Å². The maximum atomic E-state index is 12.7. The lowest BCUT2D eigenvalue weighted by Crippen LogP contribution is -2.37. The molecule has 0 bridgehead atoms. The third-order valence-electron chi connectivity index (χ3n) is 9.53. The first-order valence-electron chi connectivity index (χ1n) is 22.5. The summed E-state index contributed by atoms with van der Waals surface area (Å²) in [7, 11) is 1.29. The van der Waals surface area contributed by atoms with E-state index in [4.69, 9.17) is 18.5 Å². The van der Waals surface area contributed by atoms with Crippen LogP contribution in [0, 0.1) is 0 Å². The van der Waals surface area contributed by atoms with Crippen molar-refractivity contribution >= 4 is 19.8 Å². The summed E-state index contributed by atoms with van der Waals surface area (Å²) >= 11 is 0.